The van der Waals surface area contributed by atoms with Gasteiger partial charge in [-0.15, -0.1) is 0 Å². The van der Waals surface area contributed by atoms with Crippen LogP contribution in [0.5, 0.6) is 0 Å². The molecule has 0 radical (unpaired) electrons. The van der Waals surface area contributed by atoms with Crippen molar-refractivity contribution in [2.24, 2.45) is 9.98 Å². The van der Waals surface area contributed by atoms with Gasteiger partial charge in [-0.1, -0.05) is 113 Å². The number of benzene rings is 4. The fraction of sp³-hybridized carbons (Fsp3) is 0.208. The van der Waals surface area contributed by atoms with Gasteiger partial charge in [0.25, 0.3) is 0 Å². The summed E-state index contributed by atoms with van der Waals surface area (Å²) in [6, 6.07) is 37.7. The van der Waals surface area contributed by atoms with Gasteiger partial charge in [0.15, 0.2) is 0 Å². The molecule has 4 aromatic heterocycles. The van der Waals surface area contributed by atoms with Crippen LogP contribution in [-0.2, 0) is 52.0 Å². The second-order valence-electron chi connectivity index (χ2n) is 13.6. The van der Waals surface area contributed by atoms with Crippen molar-refractivity contribution in [1.82, 2.24) is 19.9 Å². The summed E-state index contributed by atoms with van der Waals surface area (Å²) in [6.07, 6.45) is 7.53. The number of fused-ring (bicyclic) bond motifs is 6. The fourth-order valence-corrected chi connectivity index (χ4v) is 7.02. The number of rotatable bonds is 8. The maximum atomic E-state index is 4.99. The van der Waals surface area contributed by atoms with Crippen molar-refractivity contribution in [3.05, 3.63) is 155 Å². The summed E-state index contributed by atoms with van der Waals surface area (Å²) in [5.74, 6) is 0. The summed E-state index contributed by atoms with van der Waals surface area (Å²) in [5, 5.41) is 4.41. The molecular weight excluding hydrogens is 914 g/mol. The summed E-state index contributed by atoms with van der Waals surface area (Å²) in [7, 11) is 19.1. The normalized spacial score (nSPS) is 11.6. The van der Waals surface area contributed by atoms with Crippen LogP contribution in [0.2, 0.25) is 0 Å². The zero-order chi connectivity index (χ0) is 43.0. The first kappa shape index (κ1) is 47.1. The Morgan fingerprint density at radius 2 is 0.733 bits per heavy atom. The average molecular weight is 960 g/mol. The molecule has 0 bridgehead atoms. The Hall–Kier alpha value is -3.94. The zero-order valence-corrected chi connectivity index (χ0v) is 39.5. The molecule has 8 aromatic rings. The van der Waals surface area contributed by atoms with Gasteiger partial charge in [0.2, 0.25) is 0 Å². The molecule has 312 valence electrons. The molecule has 6 nitrogen and oxygen atoms in total. The number of nitrogens with zero attached hydrogens (tertiary/aromatic N) is 6. The molecule has 0 spiro atoms. The van der Waals surface area contributed by atoms with Crippen molar-refractivity contribution in [2.45, 2.75) is 67.2 Å². The molecule has 0 N–H and O–H groups in total. The number of aliphatic imine (C=N–C) groups is 2. The number of para-hydroxylation sites is 2. The molecule has 0 unspecified atom stereocenters. The first-order chi connectivity index (χ1) is 29.2. The molecule has 12 heteroatoms. The maximum absolute atomic E-state index is 4.99. The van der Waals surface area contributed by atoms with Crippen molar-refractivity contribution >= 4 is 107 Å². The predicted molar refractivity (Wildman–Crippen MR) is 252 cm³/mol. The molecule has 4 aromatic carbocycles. The van der Waals surface area contributed by atoms with Gasteiger partial charge in [0.1, 0.15) is 0 Å². The van der Waals surface area contributed by atoms with E-state index in [2.05, 4.69) is 135 Å². The number of hydrogen-bond donors (Lipinski definition) is 0. The Balaban J connectivity index is 0.000000201. The first-order valence-corrected chi connectivity index (χ1v) is 25.6. The van der Waals surface area contributed by atoms with Gasteiger partial charge in [0, 0.05) is 33.9 Å². The second kappa shape index (κ2) is 23.9. The topological polar surface area (TPSA) is 76.3 Å². The summed E-state index contributed by atoms with van der Waals surface area (Å²) in [4.78, 5) is 28.9. The first-order valence-electron chi connectivity index (χ1n) is 19.6. The van der Waals surface area contributed by atoms with Crippen LogP contribution in [0.4, 0.5) is 11.4 Å². The second-order valence-corrected chi connectivity index (χ2v) is 17.2. The van der Waals surface area contributed by atoms with Gasteiger partial charge in [0.05, 0.1) is 56.3 Å². The Kier molecular flexibility index (Phi) is 18.8. The van der Waals surface area contributed by atoms with Gasteiger partial charge in [-0.2, -0.15) is 0 Å². The molecule has 4 heterocycles. The molecule has 0 saturated carbocycles. The third-order valence-corrected chi connectivity index (χ3v) is 10.1. The number of aryl methyl sites for hydroxylation is 4. The number of halogens is 4. The summed E-state index contributed by atoms with van der Waals surface area (Å²) in [6.45, 7) is 12.8. The minimum atomic E-state index is 0.194. The van der Waals surface area contributed by atoms with Crippen LogP contribution in [-0.4, -0.2) is 31.4 Å². The van der Waals surface area contributed by atoms with E-state index in [0.717, 1.165) is 103 Å². The SMILES string of the molecule is CCc1cccc(CC)c1N=C(C)c1ccc2ccc3cccnc3c2n1.CCc1cccc(CC)c1N=C(C)c1ccc2ccc3cccnc3c2n1.[Cl][Fe][Cl].[Cl][Fe][Cl]. The minimum absolute atomic E-state index is 0.194. The van der Waals surface area contributed by atoms with Crippen molar-refractivity contribution in [2.75, 3.05) is 0 Å². The van der Waals surface area contributed by atoms with Crippen molar-refractivity contribution < 1.29 is 26.3 Å². The van der Waals surface area contributed by atoms with Crippen molar-refractivity contribution in [3.8, 4) is 0 Å². The van der Waals surface area contributed by atoms with E-state index in [1.54, 1.807) is 0 Å². The van der Waals surface area contributed by atoms with E-state index in [0.29, 0.717) is 0 Å². The molecule has 0 atom stereocenters. The van der Waals surface area contributed by atoms with Crippen LogP contribution in [0.25, 0.3) is 43.6 Å². The van der Waals surface area contributed by atoms with Crippen LogP contribution in [0.1, 0.15) is 75.2 Å². The van der Waals surface area contributed by atoms with E-state index in [4.69, 9.17) is 60.3 Å². The van der Waals surface area contributed by atoms with Gasteiger partial charge in [-0.05, 0) is 86.1 Å². The summed E-state index contributed by atoms with van der Waals surface area (Å²) < 4.78 is 0. The molecule has 0 fully saturated rings. The van der Waals surface area contributed by atoms with Gasteiger partial charge < -0.3 is 0 Å². The third kappa shape index (κ3) is 11.7. The van der Waals surface area contributed by atoms with Crippen LogP contribution >= 0.6 is 40.4 Å². The molecule has 8 rings (SSSR count). The fourth-order valence-electron chi connectivity index (χ4n) is 7.02. The Morgan fingerprint density at radius 1 is 0.433 bits per heavy atom. The quantitative estimate of drug-likeness (QED) is 0.0864. The summed E-state index contributed by atoms with van der Waals surface area (Å²) in [5.41, 5.74) is 14.7. The monoisotopic (exact) mass is 958 g/mol. The Labute approximate surface area is 382 Å². The molecule has 0 aliphatic rings. The predicted octanol–water partition coefficient (Wildman–Crippen LogP) is 14.8. The van der Waals surface area contributed by atoms with Crippen molar-refractivity contribution in [3.63, 3.8) is 0 Å². The molecule has 0 amide bonds. The standard InChI is InChI=1S/2C24H23N3.4ClH.2Fe/c2*1-4-17-8-6-9-18(5-2)22(17)26-16(3)21-14-13-20-12-11-19-10-7-15-25-23(19)24(20)27-21;;;;;;/h2*6-15H,4-5H2,1-3H3;4*1H;;/q;;;;;;2*+2/p-4. The molecular formula is C48H46Cl4Fe2N6. The third-order valence-electron chi connectivity index (χ3n) is 10.1. The van der Waals surface area contributed by atoms with Gasteiger partial charge in [-0.3, -0.25) is 20.0 Å². The Bertz CT molecular complexity index is 2530. The van der Waals surface area contributed by atoms with E-state index >= 15 is 0 Å². The van der Waals surface area contributed by atoms with Crippen LogP contribution < -0.4 is 0 Å². The van der Waals surface area contributed by atoms with E-state index in [1.165, 1.54) is 22.3 Å². The van der Waals surface area contributed by atoms with Gasteiger partial charge >= 0.3 is 66.7 Å². The van der Waals surface area contributed by atoms with E-state index in [1.807, 2.05) is 38.4 Å². The number of hydrogen-bond acceptors (Lipinski definition) is 6. The molecule has 0 aliphatic heterocycles. The van der Waals surface area contributed by atoms with E-state index in [-0.39, 0.29) is 26.3 Å². The molecule has 0 aliphatic carbocycles. The van der Waals surface area contributed by atoms with Crippen molar-refractivity contribution in [1.29, 1.82) is 0 Å². The molecule has 60 heavy (non-hydrogen) atoms. The Morgan fingerprint density at radius 3 is 1.05 bits per heavy atom. The van der Waals surface area contributed by atoms with Crippen LogP contribution in [0, 0.1) is 0 Å². The summed E-state index contributed by atoms with van der Waals surface area (Å²) >= 11 is 0.389. The number of aromatic nitrogens is 4. The molecule has 0 saturated heterocycles. The van der Waals surface area contributed by atoms with Crippen LogP contribution in [0.15, 0.2) is 132 Å². The number of pyridine rings is 4. The average Bonchev–Trinajstić information content (AvgIpc) is 3.29. The van der Waals surface area contributed by atoms with Gasteiger partial charge in [-0.25, -0.2) is 9.97 Å². The van der Waals surface area contributed by atoms with E-state index < -0.39 is 0 Å². The van der Waals surface area contributed by atoms with Crippen LogP contribution in [0.3, 0.4) is 0 Å². The van der Waals surface area contributed by atoms with E-state index in [9.17, 15) is 0 Å². The zero-order valence-electron chi connectivity index (χ0n) is 34.3.